The zero-order valence-electron chi connectivity index (χ0n) is 14.4. The van der Waals surface area contributed by atoms with Crippen LogP contribution in [0.4, 0.5) is 0 Å². The van der Waals surface area contributed by atoms with Gasteiger partial charge < -0.3 is 4.42 Å². The fraction of sp³-hybridized carbons (Fsp3) is 0. The minimum Gasteiger partial charge on any atom is -0.411 e. The highest BCUT2D eigenvalue weighted by Gasteiger charge is 2.23. The van der Waals surface area contributed by atoms with E-state index in [0.717, 1.165) is 16.7 Å². The molecule has 0 bridgehead atoms. The van der Waals surface area contributed by atoms with Gasteiger partial charge in [0.1, 0.15) is 6.07 Å². The maximum Gasteiger partial charge on any atom is 0.345 e. The Bertz CT molecular complexity index is 1170. The first-order chi connectivity index (χ1) is 13.3. The third-order valence-corrected chi connectivity index (χ3v) is 4.41. The molecule has 0 atom stereocenters. The molecule has 0 aliphatic carbocycles. The molecule has 27 heavy (non-hydrogen) atoms. The molecule has 128 valence electrons. The normalized spacial score (nSPS) is 10.3. The van der Waals surface area contributed by atoms with E-state index in [0.29, 0.717) is 16.7 Å². The van der Waals surface area contributed by atoms with Crippen molar-refractivity contribution in [1.29, 1.82) is 5.26 Å². The largest absolute Gasteiger partial charge is 0.411 e. The lowest BCUT2D eigenvalue weighted by Gasteiger charge is -2.15. The molecule has 3 nitrogen and oxygen atoms in total. The second-order valence-corrected chi connectivity index (χ2v) is 6.05. The maximum atomic E-state index is 12.9. The number of hydrogen-bond acceptors (Lipinski definition) is 3. The van der Waals surface area contributed by atoms with Crippen molar-refractivity contribution in [3.63, 3.8) is 0 Å². The van der Waals surface area contributed by atoms with E-state index in [-0.39, 0.29) is 5.76 Å². The minimum atomic E-state index is -0.517. The highest BCUT2D eigenvalue weighted by Crippen LogP contribution is 2.39. The van der Waals surface area contributed by atoms with E-state index in [2.05, 4.69) is 6.07 Å². The van der Waals surface area contributed by atoms with Crippen molar-refractivity contribution in [2.24, 2.45) is 0 Å². The van der Waals surface area contributed by atoms with Crippen molar-refractivity contribution in [3.05, 3.63) is 107 Å². The van der Waals surface area contributed by atoms with Crippen LogP contribution in [-0.4, -0.2) is 0 Å². The molecule has 0 unspecified atom stereocenters. The molecule has 0 fully saturated rings. The summed E-state index contributed by atoms with van der Waals surface area (Å²) in [5, 5.41) is 9.65. The lowest BCUT2D eigenvalue weighted by Crippen LogP contribution is -2.09. The van der Waals surface area contributed by atoms with Crippen molar-refractivity contribution in [3.8, 4) is 39.4 Å². The summed E-state index contributed by atoms with van der Waals surface area (Å²) in [6, 6.07) is 30.6. The van der Waals surface area contributed by atoms with Gasteiger partial charge >= 0.3 is 5.63 Å². The zero-order chi connectivity index (χ0) is 18.6. The monoisotopic (exact) mass is 349 g/mol. The smallest absolute Gasteiger partial charge is 0.345 e. The van der Waals surface area contributed by atoms with Gasteiger partial charge in [-0.2, -0.15) is 5.26 Å². The number of benzene rings is 3. The van der Waals surface area contributed by atoms with E-state index in [1.807, 2.05) is 91.0 Å². The quantitative estimate of drug-likeness (QED) is 0.490. The van der Waals surface area contributed by atoms with Crippen LogP contribution in [0.2, 0.25) is 0 Å². The van der Waals surface area contributed by atoms with Crippen LogP contribution in [0.3, 0.4) is 0 Å². The number of nitrogens with zero attached hydrogens (tertiary/aromatic N) is 1. The molecular weight excluding hydrogens is 334 g/mol. The van der Waals surface area contributed by atoms with Crippen LogP contribution in [0.1, 0.15) is 5.76 Å². The lowest BCUT2D eigenvalue weighted by atomic mass is 9.88. The summed E-state index contributed by atoms with van der Waals surface area (Å²) >= 11 is 0. The van der Waals surface area contributed by atoms with Crippen LogP contribution in [0, 0.1) is 11.3 Å². The Kier molecular flexibility index (Phi) is 4.38. The molecule has 3 heteroatoms. The Morgan fingerprint density at radius 3 is 1.44 bits per heavy atom. The second kappa shape index (κ2) is 7.15. The summed E-state index contributed by atoms with van der Waals surface area (Å²) < 4.78 is 5.44. The van der Waals surface area contributed by atoms with Crippen LogP contribution < -0.4 is 5.63 Å². The van der Waals surface area contributed by atoms with Gasteiger partial charge in [0, 0.05) is 11.1 Å². The van der Waals surface area contributed by atoms with E-state index in [1.54, 1.807) is 0 Å². The zero-order valence-corrected chi connectivity index (χ0v) is 14.4. The third kappa shape index (κ3) is 3.05. The first kappa shape index (κ1) is 16.6. The molecule has 1 aromatic heterocycles. The first-order valence-corrected chi connectivity index (χ1v) is 8.57. The molecule has 0 amide bonds. The summed E-state index contributed by atoms with van der Waals surface area (Å²) in [6.07, 6.45) is 0. The average Bonchev–Trinajstić information content (AvgIpc) is 2.74. The van der Waals surface area contributed by atoms with E-state index >= 15 is 0 Å². The Hall–Kier alpha value is -3.90. The van der Waals surface area contributed by atoms with Gasteiger partial charge in [-0.25, -0.2) is 4.79 Å². The molecule has 0 aliphatic heterocycles. The fourth-order valence-electron chi connectivity index (χ4n) is 3.25. The number of hydrogen-bond donors (Lipinski definition) is 0. The predicted molar refractivity (Wildman–Crippen MR) is 106 cm³/mol. The SMILES string of the molecule is N#Cc1oc(=O)c(-c2ccccc2)c(-c2ccccc2)c1-c1ccccc1. The van der Waals surface area contributed by atoms with Crippen LogP contribution in [0.15, 0.2) is 100 Å². The summed E-state index contributed by atoms with van der Waals surface area (Å²) in [7, 11) is 0. The van der Waals surface area contributed by atoms with Crippen LogP contribution in [0.5, 0.6) is 0 Å². The van der Waals surface area contributed by atoms with Crippen molar-refractivity contribution in [2.45, 2.75) is 0 Å². The van der Waals surface area contributed by atoms with Crippen molar-refractivity contribution in [2.75, 3.05) is 0 Å². The summed E-state index contributed by atoms with van der Waals surface area (Å²) in [4.78, 5) is 12.9. The fourth-order valence-corrected chi connectivity index (χ4v) is 3.25. The minimum absolute atomic E-state index is 0.0183. The van der Waals surface area contributed by atoms with Gasteiger partial charge in [0.05, 0.1) is 5.56 Å². The van der Waals surface area contributed by atoms with Gasteiger partial charge in [0.25, 0.3) is 0 Å². The Labute approximate surface area is 156 Å². The van der Waals surface area contributed by atoms with Gasteiger partial charge in [-0.1, -0.05) is 91.0 Å². The molecular formula is C24H15NO2. The van der Waals surface area contributed by atoms with Gasteiger partial charge in [-0.3, -0.25) is 0 Å². The second-order valence-electron chi connectivity index (χ2n) is 6.05. The Morgan fingerprint density at radius 2 is 1.00 bits per heavy atom. The van der Waals surface area contributed by atoms with Gasteiger partial charge in [0.2, 0.25) is 5.76 Å². The Balaban J connectivity index is 2.19. The standard InChI is InChI=1S/C24H15NO2/c25-16-20-21(17-10-4-1-5-11-17)22(18-12-6-2-7-13-18)23(24(26)27-20)19-14-8-3-9-15-19/h1-15H. The van der Waals surface area contributed by atoms with Crippen LogP contribution in [0.25, 0.3) is 33.4 Å². The topological polar surface area (TPSA) is 54.0 Å². The molecule has 0 saturated carbocycles. The maximum absolute atomic E-state index is 12.9. The molecule has 4 rings (SSSR count). The van der Waals surface area contributed by atoms with Crippen molar-refractivity contribution >= 4 is 0 Å². The number of rotatable bonds is 3. The lowest BCUT2D eigenvalue weighted by molar-refractivity contribution is 0.502. The van der Waals surface area contributed by atoms with E-state index in [9.17, 15) is 10.1 Å². The van der Waals surface area contributed by atoms with E-state index in [1.165, 1.54) is 0 Å². The predicted octanol–water partition coefficient (Wildman–Crippen LogP) is 5.51. The third-order valence-electron chi connectivity index (χ3n) is 4.41. The molecule has 0 N–H and O–H groups in total. The van der Waals surface area contributed by atoms with Crippen molar-refractivity contribution < 1.29 is 4.42 Å². The highest BCUT2D eigenvalue weighted by molar-refractivity contribution is 5.95. The van der Waals surface area contributed by atoms with Crippen LogP contribution >= 0.6 is 0 Å². The first-order valence-electron chi connectivity index (χ1n) is 8.57. The molecule has 1 heterocycles. The van der Waals surface area contributed by atoms with Gasteiger partial charge in [-0.15, -0.1) is 0 Å². The molecule has 4 aromatic rings. The summed E-state index contributed by atoms with van der Waals surface area (Å²) in [5.41, 5.74) is 3.72. The highest BCUT2D eigenvalue weighted by atomic mass is 16.4. The molecule has 3 aromatic carbocycles. The molecule has 0 spiro atoms. The Morgan fingerprint density at radius 1 is 0.593 bits per heavy atom. The average molecular weight is 349 g/mol. The van der Waals surface area contributed by atoms with Crippen molar-refractivity contribution in [1.82, 2.24) is 0 Å². The molecule has 0 saturated heterocycles. The van der Waals surface area contributed by atoms with Gasteiger partial charge in [-0.05, 0) is 16.7 Å². The van der Waals surface area contributed by atoms with Gasteiger partial charge in [0.15, 0.2) is 0 Å². The van der Waals surface area contributed by atoms with E-state index < -0.39 is 5.63 Å². The number of nitriles is 1. The molecule has 0 radical (unpaired) electrons. The summed E-state index contributed by atoms with van der Waals surface area (Å²) in [5.74, 6) is 0.0183. The summed E-state index contributed by atoms with van der Waals surface area (Å²) in [6.45, 7) is 0. The molecule has 0 aliphatic rings. The van der Waals surface area contributed by atoms with Crippen LogP contribution in [-0.2, 0) is 0 Å². The van der Waals surface area contributed by atoms with E-state index in [4.69, 9.17) is 4.42 Å².